The number of fused-ring (bicyclic) bond motifs is 1. The maximum absolute atomic E-state index is 12.7. The van der Waals surface area contributed by atoms with Crippen LogP contribution in [0.25, 0.3) is 10.9 Å². The highest BCUT2D eigenvalue weighted by Gasteiger charge is 2.21. The van der Waals surface area contributed by atoms with Crippen molar-refractivity contribution in [2.45, 2.75) is 18.9 Å². The Labute approximate surface area is 210 Å². The van der Waals surface area contributed by atoms with Crippen molar-refractivity contribution >= 4 is 39.8 Å². The number of rotatable bonds is 9. The number of carbonyl (C=O) groups excluding carboxylic acids is 1. The van der Waals surface area contributed by atoms with E-state index in [1.54, 1.807) is 18.2 Å². The van der Waals surface area contributed by atoms with Gasteiger partial charge < -0.3 is 19.7 Å². The van der Waals surface area contributed by atoms with Crippen LogP contribution in [0, 0.1) is 12.3 Å². The highest BCUT2D eigenvalue weighted by atomic mass is 35.5. The van der Waals surface area contributed by atoms with Crippen molar-refractivity contribution in [2.24, 2.45) is 0 Å². The van der Waals surface area contributed by atoms with Crippen molar-refractivity contribution in [1.82, 2.24) is 14.9 Å². The number of nitrogens with one attached hydrogen (secondary N) is 1. The molecule has 0 bridgehead atoms. The Bertz CT molecular complexity index is 1290. The topological polar surface area (TPSA) is 76.6 Å². The van der Waals surface area contributed by atoms with Gasteiger partial charge in [0.25, 0.3) is 0 Å². The number of ketones is 1. The molecule has 4 rings (SSSR count). The molecule has 1 N–H and O–H groups in total. The zero-order chi connectivity index (χ0) is 24.8. The molecule has 3 aromatic rings. The number of terminal acetylenes is 1. The number of aromatic nitrogens is 2. The number of allylic oxidation sites excluding steroid dienone is 1. The molecule has 1 aromatic heterocycles. The van der Waals surface area contributed by atoms with E-state index in [0.29, 0.717) is 47.4 Å². The first-order valence-corrected chi connectivity index (χ1v) is 11.7. The predicted octanol–water partition coefficient (Wildman–Crippen LogP) is 4.41. The van der Waals surface area contributed by atoms with E-state index in [4.69, 9.17) is 27.5 Å². The van der Waals surface area contributed by atoms with E-state index >= 15 is 0 Å². The van der Waals surface area contributed by atoms with E-state index in [0.717, 1.165) is 23.1 Å². The first-order valence-electron chi connectivity index (χ1n) is 11.3. The molecule has 0 spiro atoms. The van der Waals surface area contributed by atoms with E-state index < -0.39 is 0 Å². The number of anilines is 2. The lowest BCUT2D eigenvalue weighted by Gasteiger charge is -2.17. The van der Waals surface area contributed by atoms with Gasteiger partial charge in [0.1, 0.15) is 24.0 Å². The van der Waals surface area contributed by atoms with Gasteiger partial charge in [-0.1, -0.05) is 23.6 Å². The van der Waals surface area contributed by atoms with E-state index in [2.05, 4.69) is 21.2 Å². The summed E-state index contributed by atoms with van der Waals surface area (Å²) in [5.74, 6) is 3.79. The number of carbonyl (C=O) groups is 1. The van der Waals surface area contributed by atoms with Crippen LogP contribution in [0.4, 0.5) is 11.5 Å². The molecule has 7 nitrogen and oxygen atoms in total. The maximum Gasteiger partial charge on any atom is 0.159 e. The highest BCUT2D eigenvalue weighted by molar-refractivity contribution is 6.31. The summed E-state index contributed by atoms with van der Waals surface area (Å²) >= 11 is 6.15. The van der Waals surface area contributed by atoms with Crippen molar-refractivity contribution in [1.29, 1.82) is 0 Å². The fourth-order valence-electron chi connectivity index (χ4n) is 3.75. The second kappa shape index (κ2) is 11.3. The van der Waals surface area contributed by atoms with Gasteiger partial charge in [-0.05, 0) is 44.4 Å². The van der Waals surface area contributed by atoms with E-state index in [1.165, 1.54) is 6.33 Å². The third-order valence-corrected chi connectivity index (χ3v) is 5.85. The van der Waals surface area contributed by atoms with Crippen molar-refractivity contribution in [2.75, 3.05) is 39.2 Å². The summed E-state index contributed by atoms with van der Waals surface area (Å²) in [7, 11) is 3.91. The lowest BCUT2D eigenvalue weighted by Crippen LogP contribution is -2.17. The molecule has 180 valence electrons. The van der Waals surface area contributed by atoms with Crippen LogP contribution < -0.4 is 10.1 Å². The molecule has 2 aromatic carbocycles. The fraction of sp³-hybridized carbons (Fsp3) is 0.296. The van der Waals surface area contributed by atoms with Crippen LogP contribution in [0.15, 0.2) is 48.8 Å². The molecule has 0 amide bonds. The van der Waals surface area contributed by atoms with E-state index in [9.17, 15) is 4.79 Å². The van der Waals surface area contributed by atoms with Crippen molar-refractivity contribution in [3.05, 3.63) is 65.0 Å². The van der Waals surface area contributed by atoms with E-state index in [1.807, 2.05) is 43.3 Å². The standard InChI is InChI=1S/C27H27ClN4O3/c1-4-18-12-20(7-8-24(18)28)31-27-23-14-19(13-21(33)6-5-10-32(2)3)26(15-25(23)29-17-30-27)35-22-9-11-34-16-22/h1,5-8,12,14-15,17,22H,9-11,13,16H2,2-3H3,(H,29,30,31)/b6-5+/t22-/m0/s1. The van der Waals surface area contributed by atoms with Crippen molar-refractivity contribution in [3.8, 4) is 18.1 Å². The van der Waals surface area contributed by atoms with Gasteiger partial charge in [-0.2, -0.15) is 0 Å². The highest BCUT2D eigenvalue weighted by Crippen LogP contribution is 2.32. The zero-order valence-electron chi connectivity index (χ0n) is 19.8. The number of nitrogens with zero attached hydrogens (tertiary/aromatic N) is 3. The molecule has 1 aliphatic rings. The smallest absolute Gasteiger partial charge is 0.159 e. The molecule has 0 radical (unpaired) electrons. The molecule has 1 fully saturated rings. The monoisotopic (exact) mass is 490 g/mol. The largest absolute Gasteiger partial charge is 0.488 e. The van der Waals surface area contributed by atoms with Gasteiger partial charge in [0.2, 0.25) is 0 Å². The number of ether oxygens (including phenoxy) is 2. The van der Waals surface area contributed by atoms with Gasteiger partial charge in [0.15, 0.2) is 5.78 Å². The summed E-state index contributed by atoms with van der Waals surface area (Å²) in [4.78, 5) is 23.6. The normalized spacial score (nSPS) is 15.6. The predicted molar refractivity (Wildman–Crippen MR) is 138 cm³/mol. The van der Waals surface area contributed by atoms with Gasteiger partial charge in [0, 0.05) is 47.7 Å². The number of hydrogen-bond donors (Lipinski definition) is 1. The lowest BCUT2D eigenvalue weighted by molar-refractivity contribution is -0.114. The summed E-state index contributed by atoms with van der Waals surface area (Å²) < 4.78 is 11.7. The first kappa shape index (κ1) is 24.7. The molecule has 0 unspecified atom stereocenters. The Kier molecular flexibility index (Phi) is 7.98. The van der Waals surface area contributed by atoms with Gasteiger partial charge in [-0.15, -0.1) is 6.42 Å². The van der Waals surface area contributed by atoms with Gasteiger partial charge in [0.05, 0.1) is 23.8 Å². The second-order valence-corrected chi connectivity index (χ2v) is 8.98. The number of likely N-dealkylation sites (N-methyl/N-ethyl adjacent to an activating group) is 1. The Morgan fingerprint density at radius 1 is 1.34 bits per heavy atom. The molecule has 1 saturated heterocycles. The van der Waals surface area contributed by atoms with Crippen LogP contribution in [-0.4, -0.2) is 60.6 Å². The minimum absolute atomic E-state index is 0.0126. The second-order valence-electron chi connectivity index (χ2n) is 8.57. The van der Waals surface area contributed by atoms with Crippen molar-refractivity contribution < 1.29 is 14.3 Å². The van der Waals surface area contributed by atoms with Crippen LogP contribution in [0.2, 0.25) is 5.02 Å². The summed E-state index contributed by atoms with van der Waals surface area (Å²) in [5, 5.41) is 4.57. The maximum atomic E-state index is 12.7. The molecular formula is C27H27ClN4O3. The lowest BCUT2D eigenvalue weighted by atomic mass is 10.0. The van der Waals surface area contributed by atoms with Crippen molar-refractivity contribution in [3.63, 3.8) is 0 Å². The van der Waals surface area contributed by atoms with E-state index in [-0.39, 0.29) is 18.3 Å². The van der Waals surface area contributed by atoms with Crippen LogP contribution in [0.1, 0.15) is 17.5 Å². The fourth-order valence-corrected chi connectivity index (χ4v) is 3.93. The summed E-state index contributed by atoms with van der Waals surface area (Å²) in [6.45, 7) is 1.88. The van der Waals surface area contributed by atoms with Gasteiger partial charge in [-0.25, -0.2) is 9.97 Å². The number of benzene rings is 2. The Hall–Kier alpha value is -3.44. The average molecular weight is 491 g/mol. The Morgan fingerprint density at radius 2 is 2.20 bits per heavy atom. The SMILES string of the molecule is C#Cc1cc(Nc2ncnc3cc(O[C@H]4CCOC4)c(CC(=O)/C=C/CN(C)C)cc23)ccc1Cl. The minimum Gasteiger partial charge on any atom is -0.488 e. The number of halogens is 1. The molecule has 0 saturated carbocycles. The average Bonchev–Trinajstić information content (AvgIpc) is 3.34. The third kappa shape index (κ3) is 6.37. The Balaban J connectivity index is 1.69. The molecule has 1 aliphatic heterocycles. The molecule has 1 atom stereocenters. The van der Waals surface area contributed by atoms with Crippen LogP contribution >= 0.6 is 11.6 Å². The van der Waals surface area contributed by atoms with Crippen LogP contribution in [-0.2, 0) is 16.0 Å². The molecule has 2 heterocycles. The zero-order valence-corrected chi connectivity index (χ0v) is 20.5. The molecule has 8 heteroatoms. The van der Waals surface area contributed by atoms with Crippen LogP contribution in [0.5, 0.6) is 5.75 Å². The quantitative estimate of drug-likeness (QED) is 0.352. The summed E-state index contributed by atoms with van der Waals surface area (Å²) in [5.41, 5.74) is 2.79. The molecule has 35 heavy (non-hydrogen) atoms. The third-order valence-electron chi connectivity index (χ3n) is 5.52. The van der Waals surface area contributed by atoms with Crippen LogP contribution in [0.3, 0.4) is 0 Å². The first-order chi connectivity index (χ1) is 16.9. The number of hydrogen-bond acceptors (Lipinski definition) is 7. The molecule has 0 aliphatic carbocycles. The summed E-state index contributed by atoms with van der Waals surface area (Å²) in [6.07, 6.45) is 11.5. The molecular weight excluding hydrogens is 464 g/mol. The minimum atomic E-state index is -0.0544. The van der Waals surface area contributed by atoms with Gasteiger partial charge >= 0.3 is 0 Å². The van der Waals surface area contributed by atoms with Gasteiger partial charge in [-0.3, -0.25) is 4.79 Å². The Morgan fingerprint density at radius 3 is 2.94 bits per heavy atom. The summed E-state index contributed by atoms with van der Waals surface area (Å²) in [6, 6.07) is 9.13.